The number of nitrogens with one attached hydrogen (secondary N) is 2. The maximum absolute atomic E-state index is 12.7. The van der Waals surface area contributed by atoms with Crippen molar-refractivity contribution in [3.63, 3.8) is 0 Å². The highest BCUT2D eigenvalue weighted by Gasteiger charge is 2.35. The molecule has 0 radical (unpaired) electrons. The van der Waals surface area contributed by atoms with Crippen LogP contribution >= 0.6 is 24.0 Å². The van der Waals surface area contributed by atoms with E-state index in [2.05, 4.69) is 54.6 Å². The number of hydrogen-bond acceptors (Lipinski definition) is 3. The predicted molar refractivity (Wildman–Crippen MR) is 132 cm³/mol. The van der Waals surface area contributed by atoms with Gasteiger partial charge in [-0.1, -0.05) is 45.0 Å². The van der Waals surface area contributed by atoms with Crippen molar-refractivity contribution in [2.24, 2.45) is 16.3 Å². The van der Waals surface area contributed by atoms with Crippen molar-refractivity contribution in [1.29, 1.82) is 0 Å². The molecule has 7 heteroatoms. The van der Waals surface area contributed by atoms with Gasteiger partial charge in [-0.25, -0.2) is 0 Å². The summed E-state index contributed by atoms with van der Waals surface area (Å²) in [4.78, 5) is 18.9. The van der Waals surface area contributed by atoms with Crippen LogP contribution in [0.4, 0.5) is 0 Å². The summed E-state index contributed by atoms with van der Waals surface area (Å²) in [5.41, 5.74) is 2.72. The number of nitrogens with zero attached hydrogens (tertiary/aromatic N) is 2. The second-order valence-electron chi connectivity index (χ2n) is 9.20. The van der Waals surface area contributed by atoms with Crippen LogP contribution in [0, 0.1) is 11.3 Å². The fourth-order valence-electron chi connectivity index (χ4n) is 4.44. The van der Waals surface area contributed by atoms with Crippen LogP contribution in [0.5, 0.6) is 0 Å². The second kappa shape index (κ2) is 11.3. The molecule has 0 aliphatic carbocycles. The molecule has 1 aromatic carbocycles. The molecule has 30 heavy (non-hydrogen) atoms. The van der Waals surface area contributed by atoms with Gasteiger partial charge in [0.25, 0.3) is 0 Å². The molecule has 168 valence electrons. The highest BCUT2D eigenvalue weighted by Crippen LogP contribution is 2.33. The molecule has 0 saturated carbocycles. The van der Waals surface area contributed by atoms with E-state index in [-0.39, 0.29) is 47.9 Å². The molecule has 0 bridgehead atoms. The number of hydrogen-bond donors (Lipinski definition) is 2. The number of rotatable bonds is 4. The van der Waals surface area contributed by atoms with Crippen LogP contribution in [0.25, 0.3) is 0 Å². The fourth-order valence-corrected chi connectivity index (χ4v) is 4.44. The van der Waals surface area contributed by atoms with Gasteiger partial charge in [0.15, 0.2) is 5.96 Å². The van der Waals surface area contributed by atoms with Crippen molar-refractivity contribution in [2.45, 2.75) is 52.7 Å². The smallest absolute Gasteiger partial charge is 0.242 e. The minimum atomic E-state index is 0. The van der Waals surface area contributed by atoms with Gasteiger partial charge in [0.2, 0.25) is 5.91 Å². The number of carbonyl (C=O) groups excluding carboxylic acids is 1. The maximum atomic E-state index is 12.7. The number of guanidine groups is 1. The summed E-state index contributed by atoms with van der Waals surface area (Å²) in [6, 6.07) is 8.37. The summed E-state index contributed by atoms with van der Waals surface area (Å²) in [5, 5.41) is 6.59. The lowest BCUT2D eigenvalue weighted by Gasteiger charge is -2.40. The van der Waals surface area contributed by atoms with E-state index in [0.29, 0.717) is 18.4 Å². The van der Waals surface area contributed by atoms with Gasteiger partial charge in [0.05, 0.1) is 12.6 Å². The van der Waals surface area contributed by atoms with Gasteiger partial charge in [-0.2, -0.15) is 0 Å². The van der Waals surface area contributed by atoms with Gasteiger partial charge in [-0.3, -0.25) is 9.79 Å². The van der Waals surface area contributed by atoms with Crippen molar-refractivity contribution >= 4 is 35.8 Å². The Kier molecular flexibility index (Phi) is 9.40. The average Bonchev–Trinajstić information content (AvgIpc) is 2.73. The molecule has 3 rings (SSSR count). The number of amides is 1. The summed E-state index contributed by atoms with van der Waals surface area (Å²) < 4.78 is 6.07. The van der Waals surface area contributed by atoms with Gasteiger partial charge in [0.1, 0.15) is 0 Å². The van der Waals surface area contributed by atoms with Gasteiger partial charge >= 0.3 is 0 Å². The van der Waals surface area contributed by atoms with E-state index in [1.807, 2.05) is 11.0 Å². The van der Waals surface area contributed by atoms with Gasteiger partial charge in [0, 0.05) is 39.2 Å². The zero-order valence-electron chi connectivity index (χ0n) is 18.7. The Bertz CT molecular complexity index is 732. The molecular formula is C23H37IN4O2. The zero-order valence-corrected chi connectivity index (χ0v) is 21.1. The van der Waals surface area contributed by atoms with Crippen LogP contribution in [0.15, 0.2) is 29.3 Å². The van der Waals surface area contributed by atoms with E-state index in [1.54, 1.807) is 7.05 Å². The number of halogens is 1. The Morgan fingerprint density at radius 1 is 1.23 bits per heavy atom. The van der Waals surface area contributed by atoms with Crippen LogP contribution < -0.4 is 10.6 Å². The molecule has 2 aliphatic rings. The predicted octanol–water partition coefficient (Wildman–Crippen LogP) is 3.20. The van der Waals surface area contributed by atoms with E-state index in [1.165, 1.54) is 11.1 Å². The van der Waals surface area contributed by atoms with E-state index in [9.17, 15) is 4.79 Å². The molecule has 2 N–H and O–H groups in total. The Morgan fingerprint density at radius 2 is 1.97 bits per heavy atom. The second-order valence-corrected chi connectivity index (χ2v) is 9.20. The molecule has 6 nitrogen and oxygen atoms in total. The highest BCUT2D eigenvalue weighted by molar-refractivity contribution is 14.0. The molecule has 2 heterocycles. The maximum Gasteiger partial charge on any atom is 0.242 e. The van der Waals surface area contributed by atoms with Gasteiger partial charge in [-0.05, 0) is 35.8 Å². The first-order valence-corrected chi connectivity index (χ1v) is 10.8. The number of benzene rings is 1. The third kappa shape index (κ3) is 6.57. The monoisotopic (exact) mass is 528 g/mol. The molecule has 2 atom stereocenters. The number of carbonyl (C=O) groups is 1. The number of aliphatic imine (C=N–C) groups is 1. The molecule has 0 aromatic heterocycles. The topological polar surface area (TPSA) is 66.0 Å². The van der Waals surface area contributed by atoms with Crippen LogP contribution in [-0.2, 0) is 22.5 Å². The molecule has 1 amide bonds. The molecule has 2 aliphatic heterocycles. The van der Waals surface area contributed by atoms with E-state index in [4.69, 9.17) is 4.74 Å². The first-order valence-electron chi connectivity index (χ1n) is 10.8. The van der Waals surface area contributed by atoms with E-state index >= 15 is 0 Å². The van der Waals surface area contributed by atoms with E-state index < -0.39 is 0 Å². The lowest BCUT2D eigenvalue weighted by atomic mass is 9.78. The number of fused-ring (bicyclic) bond motifs is 1. The molecule has 1 aromatic rings. The Hall–Kier alpha value is -1.35. The summed E-state index contributed by atoms with van der Waals surface area (Å²) in [6.45, 7) is 10.1. The van der Waals surface area contributed by atoms with Crippen molar-refractivity contribution in [3.8, 4) is 0 Å². The van der Waals surface area contributed by atoms with Crippen molar-refractivity contribution < 1.29 is 9.53 Å². The zero-order chi connectivity index (χ0) is 20.9. The molecule has 2 unspecified atom stereocenters. The van der Waals surface area contributed by atoms with Crippen molar-refractivity contribution in [2.75, 3.05) is 33.3 Å². The first-order chi connectivity index (χ1) is 13.9. The lowest BCUT2D eigenvalue weighted by molar-refractivity contribution is -0.130. The molecule has 1 saturated heterocycles. The normalized spacial score (nSPS) is 22.0. The minimum absolute atomic E-state index is 0. The Balaban J connectivity index is 0.00000320. The van der Waals surface area contributed by atoms with Crippen molar-refractivity contribution in [3.05, 3.63) is 35.4 Å². The van der Waals surface area contributed by atoms with Crippen LogP contribution in [0.1, 0.15) is 44.7 Å². The van der Waals surface area contributed by atoms with Crippen LogP contribution in [0.3, 0.4) is 0 Å². The highest BCUT2D eigenvalue weighted by atomic mass is 127. The Morgan fingerprint density at radius 3 is 2.67 bits per heavy atom. The fraction of sp³-hybridized carbons (Fsp3) is 0.652. The summed E-state index contributed by atoms with van der Waals surface area (Å²) in [6.07, 6.45) is 3.40. The van der Waals surface area contributed by atoms with Crippen molar-refractivity contribution in [1.82, 2.24) is 15.5 Å². The quantitative estimate of drug-likeness (QED) is 0.358. The first kappa shape index (κ1) is 24.9. The number of ether oxygens (including phenoxy) is 1. The molecule has 1 fully saturated rings. The van der Waals surface area contributed by atoms with Gasteiger partial charge in [-0.15, -0.1) is 24.0 Å². The summed E-state index contributed by atoms with van der Waals surface area (Å²) in [5.74, 6) is 1.22. The van der Waals surface area contributed by atoms with Gasteiger partial charge < -0.3 is 20.3 Å². The standard InChI is InChI=1S/C23H36N4O2.HI/c1-23(2,3)21-18(10-7-13-29-21)14-25-22(24-4)26-15-20(28)27-12-11-17-8-5-6-9-19(17)16-27;/h5-6,8-9,18,21H,7,10-16H2,1-4H3,(H2,24,25,26);1H. The summed E-state index contributed by atoms with van der Waals surface area (Å²) in [7, 11) is 1.75. The van der Waals surface area contributed by atoms with E-state index in [0.717, 1.165) is 39.0 Å². The minimum Gasteiger partial charge on any atom is -0.377 e. The SMILES string of the molecule is CN=C(NCC(=O)N1CCc2ccccc2C1)NCC1CCCOC1C(C)(C)C.I. The summed E-state index contributed by atoms with van der Waals surface area (Å²) >= 11 is 0. The third-order valence-electron chi connectivity index (χ3n) is 5.94. The average molecular weight is 528 g/mol. The lowest BCUT2D eigenvalue weighted by Crippen LogP contribution is -2.49. The molecule has 0 spiro atoms. The van der Waals surface area contributed by atoms with Crippen LogP contribution in [-0.4, -0.2) is 56.2 Å². The third-order valence-corrected chi connectivity index (χ3v) is 5.94. The Labute approximate surface area is 198 Å². The molecular weight excluding hydrogens is 491 g/mol. The largest absolute Gasteiger partial charge is 0.377 e. The van der Waals surface area contributed by atoms with Crippen LogP contribution in [0.2, 0.25) is 0 Å².